The molecule has 0 heterocycles. The zero-order valence-corrected chi connectivity index (χ0v) is 17.3. The summed E-state index contributed by atoms with van der Waals surface area (Å²) in [4.78, 5) is 12.4. The van der Waals surface area contributed by atoms with E-state index in [-0.39, 0.29) is 22.6 Å². The van der Waals surface area contributed by atoms with Gasteiger partial charge in [-0.15, -0.1) is 6.58 Å². The number of esters is 1. The van der Waals surface area contributed by atoms with E-state index in [1.165, 1.54) is 36.4 Å². The number of hydrogen-bond acceptors (Lipinski definition) is 2. The first kappa shape index (κ1) is 21.7. The highest BCUT2D eigenvalue weighted by Crippen LogP contribution is 2.29. The van der Waals surface area contributed by atoms with Gasteiger partial charge in [0, 0.05) is 16.9 Å². The molecular weight excluding hydrogens is 413 g/mol. The molecule has 3 aromatic rings. The van der Waals surface area contributed by atoms with Crippen molar-refractivity contribution in [2.75, 3.05) is 0 Å². The fourth-order valence-corrected chi connectivity index (χ4v) is 3.91. The number of carbonyl (C=O) groups excluding carboxylic acids is 1. The number of ether oxygens (including phenoxy) is 1. The lowest BCUT2D eigenvalue weighted by molar-refractivity contribution is 0.0730. The second kappa shape index (κ2) is 9.32. The topological polar surface area (TPSA) is 26.3 Å². The van der Waals surface area contributed by atoms with Crippen molar-refractivity contribution in [1.82, 2.24) is 0 Å². The third-order valence-electron chi connectivity index (χ3n) is 5.80. The van der Waals surface area contributed by atoms with Gasteiger partial charge in [0.2, 0.25) is 0 Å². The molecule has 0 N–H and O–H groups in total. The molecule has 0 bridgehead atoms. The average molecular weight is 434 g/mol. The van der Waals surface area contributed by atoms with Crippen molar-refractivity contribution in [3.63, 3.8) is 0 Å². The summed E-state index contributed by atoms with van der Waals surface area (Å²) in [5.74, 6) is 3.59. The summed E-state index contributed by atoms with van der Waals surface area (Å²) < 4.78 is 46.9. The summed E-state index contributed by atoms with van der Waals surface area (Å²) in [5.41, 5.74) is 0.264. The van der Waals surface area contributed by atoms with Crippen LogP contribution in [-0.2, 0) is 0 Å². The first-order chi connectivity index (χ1) is 15.4. The van der Waals surface area contributed by atoms with Crippen LogP contribution in [-0.4, -0.2) is 5.97 Å². The largest absolute Gasteiger partial charge is 0.423 e. The zero-order valence-electron chi connectivity index (χ0n) is 17.3. The molecule has 0 aromatic heterocycles. The Morgan fingerprint density at radius 2 is 1.75 bits per heavy atom. The molecule has 1 saturated carbocycles. The molecular formula is C27H21F3O2. The predicted molar refractivity (Wildman–Crippen MR) is 118 cm³/mol. The van der Waals surface area contributed by atoms with Gasteiger partial charge < -0.3 is 4.74 Å². The first-order valence-electron chi connectivity index (χ1n) is 10.5. The molecule has 4 rings (SSSR count). The fourth-order valence-electron chi connectivity index (χ4n) is 3.91. The third kappa shape index (κ3) is 4.70. The van der Waals surface area contributed by atoms with Crippen LogP contribution in [0.5, 0.6) is 5.75 Å². The molecule has 0 aliphatic heterocycles. The maximum Gasteiger partial charge on any atom is 0.346 e. The quantitative estimate of drug-likeness (QED) is 0.196. The Kier molecular flexibility index (Phi) is 6.32. The molecule has 0 spiro atoms. The number of rotatable bonds is 3. The lowest BCUT2D eigenvalue weighted by atomic mass is 9.82. The van der Waals surface area contributed by atoms with Crippen LogP contribution in [0, 0.1) is 41.1 Å². The molecule has 32 heavy (non-hydrogen) atoms. The Hall–Kier alpha value is -3.52. The number of fused-ring (bicyclic) bond motifs is 1. The molecule has 1 aliphatic carbocycles. The molecule has 2 nitrogen and oxygen atoms in total. The van der Waals surface area contributed by atoms with E-state index >= 15 is 0 Å². The second-order valence-corrected chi connectivity index (χ2v) is 7.95. The van der Waals surface area contributed by atoms with Gasteiger partial charge >= 0.3 is 5.97 Å². The van der Waals surface area contributed by atoms with Crippen LogP contribution < -0.4 is 4.74 Å². The van der Waals surface area contributed by atoms with Crippen molar-refractivity contribution in [1.29, 1.82) is 0 Å². The maximum atomic E-state index is 14.5. The zero-order chi connectivity index (χ0) is 22.7. The van der Waals surface area contributed by atoms with Crippen molar-refractivity contribution in [3.8, 4) is 17.6 Å². The lowest BCUT2D eigenvalue weighted by Crippen LogP contribution is -2.11. The van der Waals surface area contributed by atoms with Gasteiger partial charge in [0.15, 0.2) is 11.6 Å². The van der Waals surface area contributed by atoms with Gasteiger partial charge in [-0.05, 0) is 79.5 Å². The van der Waals surface area contributed by atoms with Gasteiger partial charge in [-0.25, -0.2) is 18.0 Å². The number of carbonyl (C=O) groups is 1. The van der Waals surface area contributed by atoms with Crippen molar-refractivity contribution in [3.05, 3.63) is 89.8 Å². The van der Waals surface area contributed by atoms with E-state index in [0.29, 0.717) is 16.9 Å². The molecule has 0 radical (unpaired) electrons. The minimum Gasteiger partial charge on any atom is -0.423 e. The van der Waals surface area contributed by atoms with Gasteiger partial charge in [-0.3, -0.25) is 0 Å². The average Bonchev–Trinajstić information content (AvgIpc) is 2.80. The molecule has 1 fully saturated rings. The number of benzene rings is 3. The van der Waals surface area contributed by atoms with Crippen LogP contribution >= 0.6 is 0 Å². The Bertz CT molecular complexity index is 1240. The highest BCUT2D eigenvalue weighted by atomic mass is 19.2. The Morgan fingerprint density at radius 1 is 0.969 bits per heavy atom. The van der Waals surface area contributed by atoms with Crippen LogP contribution in [0.25, 0.3) is 10.8 Å². The Balaban J connectivity index is 1.46. The standard InChI is InChI=1S/C27H21F3O2/c1-2-17-3-5-18(6-4-17)7-8-19-9-12-23(25(29)15-19)27(31)32-21-11-13-22-20(16-21)10-14-24(28)26(22)30/h2,9-18H,1,3-6H2. The summed E-state index contributed by atoms with van der Waals surface area (Å²) in [5, 5.41) is 0.430. The number of hydrogen-bond donors (Lipinski definition) is 0. The Labute approximate surface area is 184 Å². The first-order valence-corrected chi connectivity index (χ1v) is 10.5. The van der Waals surface area contributed by atoms with Crippen molar-refractivity contribution in [2.24, 2.45) is 11.8 Å². The minimum absolute atomic E-state index is 0.0666. The molecule has 3 aromatic carbocycles. The van der Waals surface area contributed by atoms with Crippen molar-refractivity contribution >= 4 is 16.7 Å². The maximum absolute atomic E-state index is 14.5. The summed E-state index contributed by atoms with van der Waals surface area (Å²) in [6.07, 6.45) is 6.13. The van der Waals surface area contributed by atoms with E-state index in [0.717, 1.165) is 31.7 Å². The highest BCUT2D eigenvalue weighted by Gasteiger charge is 2.18. The van der Waals surface area contributed by atoms with E-state index in [4.69, 9.17) is 4.74 Å². The molecule has 0 amide bonds. The van der Waals surface area contributed by atoms with E-state index in [2.05, 4.69) is 18.4 Å². The third-order valence-corrected chi connectivity index (χ3v) is 5.80. The normalized spacial score (nSPS) is 18.0. The number of halogens is 3. The van der Waals surface area contributed by atoms with Crippen LogP contribution in [0.15, 0.2) is 61.2 Å². The van der Waals surface area contributed by atoms with Gasteiger partial charge in [0.05, 0.1) is 5.56 Å². The SMILES string of the molecule is C=CC1CCC(C#Cc2ccc(C(=O)Oc3ccc4c(F)c(F)ccc4c3)c(F)c2)CC1. The minimum atomic E-state index is -0.975. The lowest BCUT2D eigenvalue weighted by Gasteiger charge is -2.22. The van der Waals surface area contributed by atoms with Crippen LogP contribution in [0.2, 0.25) is 0 Å². The second-order valence-electron chi connectivity index (χ2n) is 7.95. The number of allylic oxidation sites excluding steroid dienone is 1. The van der Waals surface area contributed by atoms with Gasteiger partial charge in [-0.2, -0.15) is 0 Å². The van der Waals surface area contributed by atoms with Gasteiger partial charge in [0.1, 0.15) is 11.6 Å². The molecule has 5 heteroatoms. The Morgan fingerprint density at radius 3 is 2.47 bits per heavy atom. The molecule has 1 aliphatic rings. The predicted octanol–water partition coefficient (Wildman–Crippen LogP) is 6.82. The van der Waals surface area contributed by atoms with Gasteiger partial charge in [-0.1, -0.05) is 24.0 Å². The van der Waals surface area contributed by atoms with E-state index in [1.807, 2.05) is 6.08 Å². The van der Waals surface area contributed by atoms with E-state index in [1.54, 1.807) is 6.07 Å². The smallest absolute Gasteiger partial charge is 0.346 e. The summed E-state index contributed by atoms with van der Waals surface area (Å²) >= 11 is 0. The molecule has 162 valence electrons. The van der Waals surface area contributed by atoms with Gasteiger partial charge in [0.25, 0.3) is 0 Å². The summed E-state index contributed by atoms with van der Waals surface area (Å²) in [6, 6.07) is 10.6. The van der Waals surface area contributed by atoms with Crippen LogP contribution in [0.3, 0.4) is 0 Å². The monoisotopic (exact) mass is 434 g/mol. The van der Waals surface area contributed by atoms with Crippen LogP contribution in [0.1, 0.15) is 41.6 Å². The van der Waals surface area contributed by atoms with E-state index < -0.39 is 23.4 Å². The molecule has 0 atom stereocenters. The molecule has 0 saturated heterocycles. The van der Waals surface area contributed by atoms with Crippen molar-refractivity contribution < 1.29 is 22.7 Å². The summed E-state index contributed by atoms with van der Waals surface area (Å²) in [7, 11) is 0. The highest BCUT2D eigenvalue weighted by molar-refractivity contribution is 5.92. The van der Waals surface area contributed by atoms with E-state index in [9.17, 15) is 18.0 Å². The summed E-state index contributed by atoms with van der Waals surface area (Å²) in [6.45, 7) is 3.84. The van der Waals surface area contributed by atoms with Crippen molar-refractivity contribution in [2.45, 2.75) is 25.7 Å². The fraction of sp³-hybridized carbons (Fsp3) is 0.222. The molecule has 0 unspecified atom stereocenters. The van der Waals surface area contributed by atoms with Crippen LogP contribution in [0.4, 0.5) is 13.2 Å².